The van der Waals surface area contributed by atoms with E-state index in [0.717, 1.165) is 24.0 Å². The van der Waals surface area contributed by atoms with Crippen LogP contribution in [0.4, 0.5) is 0 Å². The Bertz CT molecular complexity index is 736. The number of hydrogen-bond donors (Lipinski definition) is 0. The zero-order valence-corrected chi connectivity index (χ0v) is 16.0. The fourth-order valence-corrected chi connectivity index (χ4v) is 4.16. The summed E-state index contributed by atoms with van der Waals surface area (Å²) in [7, 11) is 0. The van der Waals surface area contributed by atoms with E-state index >= 15 is 0 Å². The Morgan fingerprint density at radius 2 is 2.00 bits per heavy atom. The molecule has 1 aliphatic heterocycles. The van der Waals surface area contributed by atoms with Crippen LogP contribution in [0.5, 0.6) is 0 Å². The lowest BCUT2D eigenvalue weighted by Gasteiger charge is -2.40. The van der Waals surface area contributed by atoms with Gasteiger partial charge in [0.25, 0.3) is 5.22 Å². The molecule has 1 fully saturated rings. The maximum Gasteiger partial charge on any atom is 0.277 e. The predicted octanol–water partition coefficient (Wildman–Crippen LogP) is 4.32. The third kappa shape index (κ3) is 4.06. The summed E-state index contributed by atoms with van der Waals surface area (Å²) in [6, 6.07) is 8.54. The second-order valence-corrected chi connectivity index (χ2v) is 8.17. The number of hydrogen-bond acceptors (Lipinski definition) is 5. The van der Waals surface area contributed by atoms with Crippen LogP contribution in [0.3, 0.4) is 0 Å². The van der Waals surface area contributed by atoms with Crippen molar-refractivity contribution in [1.82, 2.24) is 15.1 Å². The van der Waals surface area contributed by atoms with Gasteiger partial charge >= 0.3 is 0 Å². The number of carbonyl (C=O) groups excluding carboxylic acids is 1. The van der Waals surface area contributed by atoms with Crippen molar-refractivity contribution in [3.05, 3.63) is 29.8 Å². The average Bonchev–Trinajstić information content (AvgIpc) is 3.03. The number of likely N-dealkylation sites (tertiary alicyclic amines) is 1. The highest BCUT2D eigenvalue weighted by molar-refractivity contribution is 8.00. The molecule has 0 saturated carbocycles. The summed E-state index contributed by atoms with van der Waals surface area (Å²) >= 11 is 1.34. The molecule has 0 spiro atoms. The quantitative estimate of drug-likeness (QED) is 0.761. The molecule has 0 N–H and O–H groups in total. The van der Waals surface area contributed by atoms with E-state index in [1.165, 1.54) is 18.2 Å². The van der Waals surface area contributed by atoms with E-state index in [0.29, 0.717) is 23.2 Å². The molecule has 6 heteroatoms. The van der Waals surface area contributed by atoms with Crippen LogP contribution in [0, 0.1) is 6.92 Å². The smallest absolute Gasteiger partial charge is 0.277 e. The highest BCUT2D eigenvalue weighted by atomic mass is 32.2. The van der Waals surface area contributed by atoms with Crippen LogP contribution in [-0.2, 0) is 4.79 Å². The first-order valence-corrected chi connectivity index (χ1v) is 9.73. The molecule has 2 heterocycles. The van der Waals surface area contributed by atoms with Gasteiger partial charge in [0.2, 0.25) is 11.8 Å². The molecule has 0 aliphatic carbocycles. The summed E-state index contributed by atoms with van der Waals surface area (Å²) in [6.45, 7) is 8.20. The summed E-state index contributed by atoms with van der Waals surface area (Å²) in [5.74, 6) is 0.644. The van der Waals surface area contributed by atoms with E-state index < -0.39 is 0 Å². The van der Waals surface area contributed by atoms with Crippen LogP contribution < -0.4 is 0 Å². The minimum atomic E-state index is -0.242. The van der Waals surface area contributed by atoms with Crippen molar-refractivity contribution >= 4 is 17.7 Å². The van der Waals surface area contributed by atoms with Crippen molar-refractivity contribution in [2.24, 2.45) is 0 Å². The van der Waals surface area contributed by atoms with Crippen molar-refractivity contribution < 1.29 is 9.21 Å². The van der Waals surface area contributed by atoms with Crippen LogP contribution in [0.15, 0.2) is 33.9 Å². The molecule has 3 atom stereocenters. The van der Waals surface area contributed by atoms with E-state index in [9.17, 15) is 4.79 Å². The number of benzene rings is 1. The maximum atomic E-state index is 12.9. The van der Waals surface area contributed by atoms with E-state index in [4.69, 9.17) is 4.42 Å². The molecular formula is C19H25N3O2S. The first-order valence-electron chi connectivity index (χ1n) is 8.85. The molecule has 0 bridgehead atoms. The van der Waals surface area contributed by atoms with Crippen molar-refractivity contribution in [1.29, 1.82) is 0 Å². The second-order valence-electron chi connectivity index (χ2n) is 6.88. The lowest BCUT2D eigenvalue weighted by molar-refractivity contribution is -0.136. The van der Waals surface area contributed by atoms with E-state index in [2.05, 4.69) is 24.0 Å². The summed E-state index contributed by atoms with van der Waals surface area (Å²) in [6.07, 6.45) is 3.34. The largest absolute Gasteiger partial charge is 0.411 e. The highest BCUT2D eigenvalue weighted by Gasteiger charge is 2.32. The molecule has 2 aromatic rings. The van der Waals surface area contributed by atoms with Gasteiger partial charge in [-0.25, -0.2) is 0 Å². The molecule has 25 heavy (non-hydrogen) atoms. The van der Waals surface area contributed by atoms with E-state index in [1.54, 1.807) is 0 Å². The monoisotopic (exact) mass is 359 g/mol. The van der Waals surface area contributed by atoms with Gasteiger partial charge in [-0.05, 0) is 59.1 Å². The number of nitrogens with zero attached hydrogens (tertiary/aromatic N) is 3. The number of aromatic nitrogens is 2. The molecule has 1 saturated heterocycles. The maximum absolute atomic E-state index is 12.9. The SMILES string of the molecule is Cc1cccc(-c2nnc(S[C@H](C)C(=O)N3[C@@H](C)CCC[C@@H]3C)o2)c1. The first-order chi connectivity index (χ1) is 12.0. The molecule has 134 valence electrons. The van der Waals surface area contributed by atoms with Crippen LogP contribution in [0.25, 0.3) is 11.5 Å². The Hall–Kier alpha value is -1.82. The van der Waals surface area contributed by atoms with Crippen molar-refractivity contribution in [3.8, 4) is 11.5 Å². The lowest BCUT2D eigenvalue weighted by Crippen LogP contribution is -2.50. The summed E-state index contributed by atoms with van der Waals surface area (Å²) < 4.78 is 5.76. The number of aryl methyl sites for hydroxylation is 1. The second kappa shape index (κ2) is 7.60. The molecule has 3 rings (SSSR count). The molecule has 1 aromatic carbocycles. The Labute approximate surface area is 153 Å². The lowest BCUT2D eigenvalue weighted by atomic mass is 9.97. The normalized spacial score (nSPS) is 22.0. The number of thioether (sulfide) groups is 1. The van der Waals surface area contributed by atoms with Crippen molar-refractivity contribution in [2.45, 2.75) is 69.5 Å². The predicted molar refractivity (Wildman–Crippen MR) is 99.4 cm³/mol. The molecule has 0 unspecified atom stereocenters. The van der Waals surface area contributed by atoms with Gasteiger partial charge in [0, 0.05) is 17.6 Å². The number of rotatable bonds is 4. The number of amides is 1. The summed E-state index contributed by atoms with van der Waals surface area (Å²) in [5, 5.41) is 8.42. The Balaban J connectivity index is 1.69. The third-order valence-electron chi connectivity index (χ3n) is 4.74. The van der Waals surface area contributed by atoms with Gasteiger partial charge in [-0.15, -0.1) is 10.2 Å². The highest BCUT2D eigenvalue weighted by Crippen LogP contribution is 2.30. The summed E-state index contributed by atoms with van der Waals surface area (Å²) in [5.41, 5.74) is 2.04. The minimum Gasteiger partial charge on any atom is -0.411 e. The van der Waals surface area contributed by atoms with Crippen molar-refractivity contribution in [3.63, 3.8) is 0 Å². The molecule has 1 amide bonds. The molecular weight excluding hydrogens is 334 g/mol. The van der Waals surface area contributed by atoms with Crippen LogP contribution in [0.1, 0.15) is 45.6 Å². The van der Waals surface area contributed by atoms with Gasteiger partial charge < -0.3 is 9.32 Å². The third-order valence-corrected chi connectivity index (χ3v) is 5.67. The Morgan fingerprint density at radius 3 is 2.68 bits per heavy atom. The van der Waals surface area contributed by atoms with Gasteiger partial charge in [0.05, 0.1) is 5.25 Å². The molecule has 1 aliphatic rings. The molecule has 1 aromatic heterocycles. The number of carbonyl (C=O) groups is 1. The van der Waals surface area contributed by atoms with E-state index in [1.807, 2.05) is 43.0 Å². The van der Waals surface area contributed by atoms with Gasteiger partial charge in [0.1, 0.15) is 0 Å². The number of piperidine rings is 1. The molecule has 5 nitrogen and oxygen atoms in total. The van der Waals surface area contributed by atoms with Gasteiger partial charge in [-0.2, -0.15) is 0 Å². The van der Waals surface area contributed by atoms with Crippen LogP contribution in [0.2, 0.25) is 0 Å². The standard InChI is InChI=1S/C19H25N3O2S/c1-12-7-5-10-16(11-12)17-20-21-19(24-17)25-15(4)18(23)22-13(2)8-6-9-14(22)3/h5,7,10-11,13-15H,6,8-9H2,1-4H3/t13-,14-,15+/m0/s1. The first kappa shape index (κ1) is 18.0. The average molecular weight is 359 g/mol. The van der Waals surface area contributed by atoms with Gasteiger partial charge in [0.15, 0.2) is 0 Å². The Morgan fingerprint density at radius 1 is 1.28 bits per heavy atom. The van der Waals surface area contributed by atoms with Gasteiger partial charge in [-0.3, -0.25) is 4.79 Å². The fraction of sp³-hybridized carbons (Fsp3) is 0.526. The fourth-order valence-electron chi connectivity index (χ4n) is 3.42. The Kier molecular flexibility index (Phi) is 5.47. The molecule has 0 radical (unpaired) electrons. The zero-order valence-electron chi connectivity index (χ0n) is 15.2. The topological polar surface area (TPSA) is 59.2 Å². The van der Waals surface area contributed by atoms with Crippen molar-refractivity contribution in [2.75, 3.05) is 0 Å². The van der Waals surface area contributed by atoms with E-state index in [-0.39, 0.29) is 11.2 Å². The van der Waals surface area contributed by atoms with Crippen LogP contribution >= 0.6 is 11.8 Å². The minimum absolute atomic E-state index is 0.153. The van der Waals surface area contributed by atoms with Gasteiger partial charge in [-0.1, -0.05) is 29.5 Å². The summed E-state index contributed by atoms with van der Waals surface area (Å²) in [4.78, 5) is 14.9. The van der Waals surface area contributed by atoms with Crippen LogP contribution in [-0.4, -0.2) is 38.3 Å². The zero-order chi connectivity index (χ0) is 18.0.